The highest BCUT2D eigenvalue weighted by Crippen LogP contribution is 2.25. The summed E-state index contributed by atoms with van der Waals surface area (Å²) < 4.78 is 5.25. The number of aliphatic hydroxyl groups is 1. The van der Waals surface area contributed by atoms with Crippen LogP contribution in [0.25, 0.3) is 0 Å². The predicted octanol–water partition coefficient (Wildman–Crippen LogP) is 1.40. The van der Waals surface area contributed by atoms with Crippen molar-refractivity contribution in [2.24, 2.45) is 5.92 Å². The van der Waals surface area contributed by atoms with E-state index in [2.05, 4.69) is 10.6 Å². The molecule has 0 bridgehead atoms. The van der Waals surface area contributed by atoms with Crippen LogP contribution in [-0.2, 0) is 4.79 Å². The molecule has 0 radical (unpaired) electrons. The molecule has 118 valence electrons. The summed E-state index contributed by atoms with van der Waals surface area (Å²) in [5, 5.41) is 16.0. The van der Waals surface area contributed by atoms with Crippen LogP contribution in [0.3, 0.4) is 0 Å². The Labute approximate surface area is 126 Å². The number of rotatable bonds is 8. The minimum Gasteiger partial charge on any atom is -0.496 e. The molecule has 5 nitrogen and oxygen atoms in total. The lowest BCUT2D eigenvalue weighted by atomic mass is 10.1. The van der Waals surface area contributed by atoms with Gasteiger partial charge in [-0.25, -0.2) is 0 Å². The van der Waals surface area contributed by atoms with Crippen LogP contribution in [-0.4, -0.2) is 37.8 Å². The molecule has 1 unspecified atom stereocenters. The molecule has 1 rings (SSSR count). The Hall–Kier alpha value is -1.59. The Bertz CT molecular complexity index is 461. The van der Waals surface area contributed by atoms with Crippen LogP contribution in [0.15, 0.2) is 18.2 Å². The number of nitrogens with one attached hydrogen (secondary N) is 2. The summed E-state index contributed by atoms with van der Waals surface area (Å²) in [5.74, 6) is 1.02. The van der Waals surface area contributed by atoms with Crippen LogP contribution in [0.4, 0.5) is 0 Å². The fourth-order valence-corrected chi connectivity index (χ4v) is 1.93. The number of aryl methyl sites for hydroxylation is 1. The number of carbonyl (C=O) groups excluding carboxylic acids is 1. The number of carbonyl (C=O) groups is 1. The number of hydrogen-bond donors (Lipinski definition) is 3. The lowest BCUT2D eigenvalue weighted by molar-refractivity contribution is -0.120. The lowest BCUT2D eigenvalue weighted by Crippen LogP contribution is -2.37. The van der Waals surface area contributed by atoms with Gasteiger partial charge in [-0.2, -0.15) is 0 Å². The van der Waals surface area contributed by atoms with Gasteiger partial charge in [0.25, 0.3) is 0 Å². The number of amides is 1. The normalized spacial score (nSPS) is 12.3. The summed E-state index contributed by atoms with van der Waals surface area (Å²) in [6.45, 7) is 7.20. The van der Waals surface area contributed by atoms with E-state index in [1.165, 1.54) is 0 Å². The second-order valence-electron chi connectivity index (χ2n) is 5.59. The van der Waals surface area contributed by atoms with Crippen molar-refractivity contribution in [2.45, 2.75) is 26.9 Å². The molecule has 1 atom stereocenters. The zero-order valence-electron chi connectivity index (χ0n) is 13.3. The molecule has 0 saturated heterocycles. The van der Waals surface area contributed by atoms with Gasteiger partial charge in [-0.05, 0) is 25.0 Å². The number of benzene rings is 1. The molecule has 5 heteroatoms. The molecular formula is C16H26N2O3. The molecule has 21 heavy (non-hydrogen) atoms. The first-order chi connectivity index (χ1) is 9.93. The molecule has 1 amide bonds. The molecule has 1 aromatic carbocycles. The Morgan fingerprint density at radius 2 is 2.05 bits per heavy atom. The van der Waals surface area contributed by atoms with Gasteiger partial charge in [0.1, 0.15) is 5.75 Å². The van der Waals surface area contributed by atoms with E-state index in [1.807, 2.05) is 39.0 Å². The first-order valence-electron chi connectivity index (χ1n) is 7.24. The Kier molecular flexibility index (Phi) is 7.19. The molecule has 3 N–H and O–H groups in total. The second kappa shape index (κ2) is 8.64. The van der Waals surface area contributed by atoms with Gasteiger partial charge < -0.3 is 20.5 Å². The quantitative estimate of drug-likeness (QED) is 0.678. The van der Waals surface area contributed by atoms with Gasteiger partial charge in [0.2, 0.25) is 5.91 Å². The SMILES string of the molecule is COc1ccc(C)cc1C(O)CNCC(=O)NCC(C)C. The third-order valence-electron chi connectivity index (χ3n) is 3.07. The van der Waals surface area contributed by atoms with Crippen molar-refractivity contribution in [2.75, 3.05) is 26.7 Å². The molecule has 0 fully saturated rings. The maximum Gasteiger partial charge on any atom is 0.233 e. The van der Waals surface area contributed by atoms with Crippen LogP contribution in [0.2, 0.25) is 0 Å². The highest BCUT2D eigenvalue weighted by atomic mass is 16.5. The van der Waals surface area contributed by atoms with Crippen LogP contribution in [0, 0.1) is 12.8 Å². The van der Waals surface area contributed by atoms with Crippen molar-refractivity contribution in [3.05, 3.63) is 29.3 Å². The van der Waals surface area contributed by atoms with Gasteiger partial charge in [0.05, 0.1) is 19.8 Å². The molecule has 0 heterocycles. The average Bonchev–Trinajstić information content (AvgIpc) is 2.44. The molecule has 0 aromatic heterocycles. The van der Waals surface area contributed by atoms with Crippen molar-refractivity contribution in [1.82, 2.24) is 10.6 Å². The van der Waals surface area contributed by atoms with E-state index in [4.69, 9.17) is 4.74 Å². The summed E-state index contributed by atoms with van der Waals surface area (Å²) in [5.41, 5.74) is 1.78. The van der Waals surface area contributed by atoms with E-state index >= 15 is 0 Å². The van der Waals surface area contributed by atoms with Crippen molar-refractivity contribution in [3.63, 3.8) is 0 Å². The Morgan fingerprint density at radius 1 is 1.33 bits per heavy atom. The minimum absolute atomic E-state index is 0.0629. The van der Waals surface area contributed by atoms with Gasteiger partial charge in [0.15, 0.2) is 0 Å². The number of aliphatic hydroxyl groups excluding tert-OH is 1. The Morgan fingerprint density at radius 3 is 2.67 bits per heavy atom. The topological polar surface area (TPSA) is 70.6 Å². The van der Waals surface area contributed by atoms with E-state index in [-0.39, 0.29) is 12.5 Å². The standard InChI is InChI=1S/C16H26N2O3/c1-11(2)8-18-16(20)10-17-9-14(19)13-7-12(3)5-6-15(13)21-4/h5-7,11,14,17,19H,8-10H2,1-4H3,(H,18,20). The van der Waals surface area contributed by atoms with Crippen molar-refractivity contribution >= 4 is 5.91 Å². The van der Waals surface area contributed by atoms with Crippen molar-refractivity contribution < 1.29 is 14.6 Å². The lowest BCUT2D eigenvalue weighted by Gasteiger charge is -2.16. The van der Waals surface area contributed by atoms with Crippen LogP contribution in [0.1, 0.15) is 31.1 Å². The van der Waals surface area contributed by atoms with Gasteiger partial charge in [-0.1, -0.05) is 25.5 Å². The Balaban J connectivity index is 2.45. The molecule has 0 saturated carbocycles. The maximum absolute atomic E-state index is 11.6. The molecule has 0 aliphatic carbocycles. The van der Waals surface area contributed by atoms with Crippen LogP contribution in [0.5, 0.6) is 5.75 Å². The van der Waals surface area contributed by atoms with Gasteiger partial charge in [0, 0.05) is 18.7 Å². The zero-order chi connectivity index (χ0) is 15.8. The first-order valence-corrected chi connectivity index (χ1v) is 7.24. The van der Waals surface area contributed by atoms with E-state index in [9.17, 15) is 9.90 Å². The largest absolute Gasteiger partial charge is 0.496 e. The minimum atomic E-state index is -0.710. The van der Waals surface area contributed by atoms with Crippen LogP contribution >= 0.6 is 0 Å². The van der Waals surface area contributed by atoms with Gasteiger partial charge in [-0.15, -0.1) is 0 Å². The second-order valence-corrected chi connectivity index (χ2v) is 5.59. The fraction of sp³-hybridized carbons (Fsp3) is 0.562. The summed E-state index contributed by atoms with van der Waals surface area (Å²) in [6, 6.07) is 5.66. The average molecular weight is 294 g/mol. The van der Waals surface area contributed by atoms with Crippen molar-refractivity contribution in [1.29, 1.82) is 0 Å². The van der Waals surface area contributed by atoms with E-state index < -0.39 is 6.10 Å². The first kappa shape index (κ1) is 17.5. The zero-order valence-corrected chi connectivity index (χ0v) is 13.3. The molecular weight excluding hydrogens is 268 g/mol. The van der Waals surface area contributed by atoms with Gasteiger partial charge in [-0.3, -0.25) is 4.79 Å². The maximum atomic E-state index is 11.6. The number of methoxy groups -OCH3 is 1. The number of ether oxygens (including phenoxy) is 1. The van der Waals surface area contributed by atoms with Gasteiger partial charge >= 0.3 is 0 Å². The smallest absolute Gasteiger partial charge is 0.233 e. The molecule has 0 aliphatic heterocycles. The summed E-state index contributed by atoms with van der Waals surface area (Å²) >= 11 is 0. The van der Waals surface area contributed by atoms with E-state index in [0.717, 1.165) is 11.1 Å². The molecule has 1 aromatic rings. The molecule has 0 spiro atoms. The predicted molar refractivity (Wildman–Crippen MR) is 83.4 cm³/mol. The van der Waals surface area contributed by atoms with Crippen LogP contribution < -0.4 is 15.4 Å². The number of hydrogen-bond acceptors (Lipinski definition) is 4. The highest BCUT2D eigenvalue weighted by Gasteiger charge is 2.13. The van der Waals surface area contributed by atoms with E-state index in [1.54, 1.807) is 7.11 Å². The third kappa shape index (κ3) is 6.14. The summed E-state index contributed by atoms with van der Waals surface area (Å²) in [7, 11) is 1.58. The monoisotopic (exact) mass is 294 g/mol. The fourth-order valence-electron chi connectivity index (χ4n) is 1.93. The molecule has 0 aliphatic rings. The highest BCUT2D eigenvalue weighted by molar-refractivity contribution is 5.77. The van der Waals surface area contributed by atoms with E-state index in [0.29, 0.717) is 24.8 Å². The summed E-state index contributed by atoms with van der Waals surface area (Å²) in [6.07, 6.45) is -0.710. The van der Waals surface area contributed by atoms with Crippen molar-refractivity contribution in [3.8, 4) is 5.75 Å². The third-order valence-corrected chi connectivity index (χ3v) is 3.07. The summed E-state index contributed by atoms with van der Waals surface area (Å²) in [4.78, 5) is 11.6.